The molecular formula is C17H28O2. The van der Waals surface area contributed by atoms with Crippen LogP contribution >= 0.6 is 0 Å². The third-order valence-electron chi connectivity index (χ3n) is 4.82. The zero-order chi connectivity index (χ0) is 13.8. The van der Waals surface area contributed by atoms with Crippen LogP contribution in [-0.4, -0.2) is 22.4 Å². The number of aliphatic hydroxyl groups is 2. The monoisotopic (exact) mass is 264 g/mol. The minimum atomic E-state index is -0.218. The van der Waals surface area contributed by atoms with Gasteiger partial charge >= 0.3 is 0 Å². The van der Waals surface area contributed by atoms with E-state index in [0.717, 1.165) is 44.9 Å². The summed E-state index contributed by atoms with van der Waals surface area (Å²) in [7, 11) is 0. The molecule has 2 aliphatic carbocycles. The largest absolute Gasteiger partial charge is 0.393 e. The van der Waals surface area contributed by atoms with Gasteiger partial charge in [0, 0.05) is 5.92 Å². The molecule has 0 spiro atoms. The molecule has 2 fully saturated rings. The van der Waals surface area contributed by atoms with Crippen LogP contribution in [0.1, 0.15) is 51.9 Å². The summed E-state index contributed by atoms with van der Waals surface area (Å²) in [6.45, 7) is 6.24. The van der Waals surface area contributed by atoms with Crippen molar-refractivity contribution in [3.8, 4) is 0 Å². The Balaban J connectivity index is 1.82. The lowest BCUT2D eigenvalue weighted by molar-refractivity contribution is 0.139. The topological polar surface area (TPSA) is 40.5 Å². The molecule has 2 N–H and O–H groups in total. The lowest BCUT2D eigenvalue weighted by Gasteiger charge is -2.17. The van der Waals surface area contributed by atoms with Crippen molar-refractivity contribution < 1.29 is 10.2 Å². The minimum Gasteiger partial charge on any atom is -0.393 e. The van der Waals surface area contributed by atoms with Crippen molar-refractivity contribution in [1.29, 1.82) is 0 Å². The number of unbranched alkanes of at least 4 members (excludes halogenated alkanes) is 1. The van der Waals surface area contributed by atoms with Gasteiger partial charge in [-0.15, -0.1) is 0 Å². The fraction of sp³-hybridized carbons (Fsp3) is 0.765. The number of rotatable bonds is 6. The second kappa shape index (κ2) is 6.71. The Hall–Kier alpha value is -0.600. The fourth-order valence-corrected chi connectivity index (χ4v) is 3.79. The predicted octanol–water partition coefficient (Wildman–Crippen LogP) is 3.45. The van der Waals surface area contributed by atoms with Crippen LogP contribution in [-0.2, 0) is 0 Å². The first-order chi connectivity index (χ1) is 9.11. The minimum absolute atomic E-state index is 0.188. The van der Waals surface area contributed by atoms with Crippen molar-refractivity contribution in [3.05, 3.63) is 24.3 Å². The Morgan fingerprint density at radius 2 is 2.21 bits per heavy atom. The quantitative estimate of drug-likeness (QED) is 0.721. The van der Waals surface area contributed by atoms with Crippen LogP contribution in [0.3, 0.4) is 0 Å². The molecule has 2 rings (SSSR count). The molecule has 2 aliphatic rings. The average Bonchev–Trinajstić information content (AvgIpc) is 2.84. The van der Waals surface area contributed by atoms with Crippen molar-refractivity contribution >= 4 is 0 Å². The van der Waals surface area contributed by atoms with Gasteiger partial charge in [0.05, 0.1) is 12.2 Å². The van der Waals surface area contributed by atoms with Crippen molar-refractivity contribution in [1.82, 2.24) is 0 Å². The molecule has 0 radical (unpaired) electrons. The Morgan fingerprint density at radius 1 is 1.42 bits per heavy atom. The third-order valence-corrected chi connectivity index (χ3v) is 4.82. The predicted molar refractivity (Wildman–Crippen MR) is 78.8 cm³/mol. The highest BCUT2D eigenvalue weighted by Gasteiger charge is 2.44. The molecule has 0 heterocycles. The second-order valence-electron chi connectivity index (χ2n) is 6.42. The van der Waals surface area contributed by atoms with Gasteiger partial charge in [0.25, 0.3) is 0 Å². The molecule has 0 aromatic heterocycles. The normalized spacial score (nSPS) is 36.1. The maximum absolute atomic E-state index is 10.1. The third kappa shape index (κ3) is 3.70. The first-order valence-electron chi connectivity index (χ1n) is 7.81. The van der Waals surface area contributed by atoms with Crippen LogP contribution in [0.15, 0.2) is 24.3 Å². The zero-order valence-corrected chi connectivity index (χ0v) is 12.1. The smallest absolute Gasteiger partial charge is 0.0608 e. The maximum Gasteiger partial charge on any atom is 0.0608 e. The van der Waals surface area contributed by atoms with E-state index in [1.54, 1.807) is 0 Å². The Labute approximate surface area is 117 Å². The number of hydrogen-bond donors (Lipinski definition) is 2. The van der Waals surface area contributed by atoms with Gasteiger partial charge in [0.1, 0.15) is 0 Å². The number of fused-ring (bicyclic) bond motifs is 1. The molecule has 1 unspecified atom stereocenters. The average molecular weight is 264 g/mol. The van der Waals surface area contributed by atoms with E-state index < -0.39 is 0 Å². The molecular weight excluding hydrogens is 236 g/mol. The Kier molecular flexibility index (Phi) is 5.23. The molecule has 19 heavy (non-hydrogen) atoms. The molecule has 2 saturated carbocycles. The summed E-state index contributed by atoms with van der Waals surface area (Å²) in [5.41, 5.74) is 1.35. The van der Waals surface area contributed by atoms with Gasteiger partial charge < -0.3 is 10.2 Å². The summed E-state index contributed by atoms with van der Waals surface area (Å²) in [6, 6.07) is 0. The molecule has 0 saturated heterocycles. The SMILES string of the molecule is C=C1C[C@H]2C[C@@H](O)[C@H](C=CCC(O)CCCC)[C@@H]2C1. The van der Waals surface area contributed by atoms with Crippen molar-refractivity contribution in [2.75, 3.05) is 0 Å². The summed E-state index contributed by atoms with van der Waals surface area (Å²) >= 11 is 0. The summed E-state index contributed by atoms with van der Waals surface area (Å²) in [4.78, 5) is 0. The standard InChI is InChI=1S/C17H28O2/c1-3-4-6-14(18)7-5-8-15-16-10-12(2)9-13(16)11-17(15)19/h5,8,13-19H,2-4,6-7,9-11H2,1H3/t13-,14?,15+,16+,17+/m0/s1. The van der Waals surface area contributed by atoms with Crippen LogP contribution in [0, 0.1) is 17.8 Å². The second-order valence-corrected chi connectivity index (χ2v) is 6.42. The number of allylic oxidation sites excluding steroid dienone is 1. The molecule has 0 aliphatic heterocycles. The molecule has 0 bridgehead atoms. The highest BCUT2D eigenvalue weighted by atomic mass is 16.3. The molecule has 108 valence electrons. The highest BCUT2D eigenvalue weighted by molar-refractivity contribution is 5.14. The van der Waals surface area contributed by atoms with E-state index >= 15 is 0 Å². The zero-order valence-electron chi connectivity index (χ0n) is 12.1. The first kappa shape index (κ1) is 14.8. The van der Waals surface area contributed by atoms with Gasteiger partial charge in [-0.05, 0) is 43.9 Å². The summed E-state index contributed by atoms with van der Waals surface area (Å²) in [6.07, 6.45) is 10.8. The molecule has 2 nitrogen and oxygen atoms in total. The van der Waals surface area contributed by atoms with Gasteiger partial charge in [-0.1, -0.05) is 44.1 Å². The summed E-state index contributed by atoms with van der Waals surface area (Å²) in [5, 5.41) is 20.0. The molecule has 0 aromatic rings. The van der Waals surface area contributed by atoms with E-state index in [1.807, 2.05) is 0 Å². The van der Waals surface area contributed by atoms with Crippen molar-refractivity contribution in [3.63, 3.8) is 0 Å². The van der Waals surface area contributed by atoms with E-state index in [-0.39, 0.29) is 18.1 Å². The van der Waals surface area contributed by atoms with Crippen LogP contribution in [0.25, 0.3) is 0 Å². The maximum atomic E-state index is 10.1. The van der Waals surface area contributed by atoms with E-state index in [9.17, 15) is 10.2 Å². The Morgan fingerprint density at radius 3 is 2.95 bits per heavy atom. The molecule has 0 aromatic carbocycles. The first-order valence-corrected chi connectivity index (χ1v) is 7.81. The fourth-order valence-electron chi connectivity index (χ4n) is 3.79. The Bertz CT molecular complexity index is 334. The number of hydrogen-bond acceptors (Lipinski definition) is 2. The van der Waals surface area contributed by atoms with E-state index in [2.05, 4.69) is 25.7 Å². The lowest BCUT2D eigenvalue weighted by atomic mass is 9.90. The van der Waals surface area contributed by atoms with Crippen LogP contribution in [0.5, 0.6) is 0 Å². The van der Waals surface area contributed by atoms with Crippen LogP contribution < -0.4 is 0 Å². The van der Waals surface area contributed by atoms with Gasteiger partial charge in [0.2, 0.25) is 0 Å². The van der Waals surface area contributed by atoms with Gasteiger partial charge in [0.15, 0.2) is 0 Å². The molecule has 0 amide bonds. The summed E-state index contributed by atoms with van der Waals surface area (Å²) in [5.74, 6) is 1.51. The van der Waals surface area contributed by atoms with E-state index in [1.165, 1.54) is 5.57 Å². The highest BCUT2D eigenvalue weighted by Crippen LogP contribution is 2.49. The van der Waals surface area contributed by atoms with E-state index in [4.69, 9.17) is 0 Å². The molecule has 5 atom stereocenters. The van der Waals surface area contributed by atoms with Crippen molar-refractivity contribution in [2.24, 2.45) is 17.8 Å². The van der Waals surface area contributed by atoms with Crippen molar-refractivity contribution in [2.45, 2.75) is 64.1 Å². The molecule has 2 heteroatoms. The van der Waals surface area contributed by atoms with E-state index in [0.29, 0.717) is 11.8 Å². The number of aliphatic hydroxyl groups excluding tert-OH is 2. The van der Waals surface area contributed by atoms with Gasteiger partial charge in [-0.3, -0.25) is 0 Å². The van der Waals surface area contributed by atoms with Crippen LogP contribution in [0.4, 0.5) is 0 Å². The summed E-state index contributed by atoms with van der Waals surface area (Å²) < 4.78 is 0. The van der Waals surface area contributed by atoms with Gasteiger partial charge in [-0.25, -0.2) is 0 Å². The lowest BCUT2D eigenvalue weighted by Crippen LogP contribution is -2.16. The van der Waals surface area contributed by atoms with Crippen LogP contribution in [0.2, 0.25) is 0 Å². The van der Waals surface area contributed by atoms with Gasteiger partial charge in [-0.2, -0.15) is 0 Å².